The highest BCUT2D eigenvalue weighted by molar-refractivity contribution is 8.07. The Balaban J connectivity index is 1.75. The van der Waals surface area contributed by atoms with Crippen molar-refractivity contribution in [1.29, 1.82) is 31.6 Å². The van der Waals surface area contributed by atoms with E-state index >= 15 is 0 Å². The summed E-state index contributed by atoms with van der Waals surface area (Å²) in [5.74, 6) is 2.08. The van der Waals surface area contributed by atoms with Crippen molar-refractivity contribution < 1.29 is 9.47 Å². The highest BCUT2D eigenvalue weighted by Crippen LogP contribution is 2.43. The molecule has 0 radical (unpaired) electrons. The lowest BCUT2D eigenvalue weighted by Crippen LogP contribution is -2.21. The van der Waals surface area contributed by atoms with Gasteiger partial charge in [0.1, 0.15) is 70.4 Å². The molecule has 12 nitrogen and oxygen atoms in total. The summed E-state index contributed by atoms with van der Waals surface area (Å²) in [6.45, 7) is 10.8. The van der Waals surface area contributed by atoms with Gasteiger partial charge in [-0.1, -0.05) is 48.2 Å². The van der Waals surface area contributed by atoms with Gasteiger partial charge >= 0.3 is 0 Å². The van der Waals surface area contributed by atoms with Crippen molar-refractivity contribution in [1.82, 2.24) is 19.6 Å². The summed E-state index contributed by atoms with van der Waals surface area (Å²) < 4.78 is 12.1. The lowest BCUT2D eigenvalue weighted by atomic mass is 9.92. The van der Waals surface area contributed by atoms with Crippen molar-refractivity contribution in [3.63, 3.8) is 0 Å². The Morgan fingerprint density at radius 1 is 0.593 bits per heavy atom. The van der Waals surface area contributed by atoms with Crippen LogP contribution in [0.2, 0.25) is 0 Å². The average molecular weight is 801 g/mol. The molecule has 0 aromatic heterocycles. The summed E-state index contributed by atoms with van der Waals surface area (Å²) in [6, 6.07) is 11.6. The number of hydrogen-bond acceptors (Lipinski definition) is 13. The Kier molecular flexibility index (Phi) is 13.0. The zero-order valence-electron chi connectivity index (χ0n) is 34.5. The van der Waals surface area contributed by atoms with Crippen LogP contribution in [0.3, 0.4) is 0 Å². The lowest BCUT2D eigenvalue weighted by molar-refractivity contribution is 0.0950. The Hall–Kier alpha value is -7.29. The maximum atomic E-state index is 10.3. The van der Waals surface area contributed by atoms with E-state index in [2.05, 4.69) is 96.4 Å². The molecule has 0 unspecified atom stereocenters. The van der Waals surface area contributed by atoms with Crippen molar-refractivity contribution in [2.45, 2.75) is 38.9 Å². The molecule has 0 spiro atoms. The van der Waals surface area contributed by atoms with Gasteiger partial charge in [0.05, 0.1) is 0 Å². The molecular formula is C46H44N10O2S. The van der Waals surface area contributed by atoms with Gasteiger partial charge in [0.25, 0.3) is 0 Å². The number of hydrogen-bond donors (Lipinski definition) is 0. The summed E-state index contributed by atoms with van der Waals surface area (Å²) in [7, 11) is 8.27. The smallest absolute Gasteiger partial charge is 0.172 e. The molecule has 59 heavy (non-hydrogen) atoms. The number of allylic oxidation sites excluding steroid dienone is 16. The third-order valence-electron chi connectivity index (χ3n) is 10.3. The first kappa shape index (κ1) is 42.8. The summed E-state index contributed by atoms with van der Waals surface area (Å²) in [4.78, 5) is 10.7. The Labute approximate surface area is 351 Å². The maximum Gasteiger partial charge on any atom is 0.172 e. The maximum absolute atomic E-state index is 10.3. The second-order valence-corrected chi connectivity index (χ2v) is 16.3. The number of ether oxygens (including phenoxy) is 2. The lowest BCUT2D eigenvalue weighted by Gasteiger charge is -2.21. The summed E-state index contributed by atoms with van der Waals surface area (Å²) in [5, 5.41) is 59.1. The van der Waals surface area contributed by atoms with Gasteiger partial charge in [0, 0.05) is 75.3 Å². The summed E-state index contributed by atoms with van der Waals surface area (Å²) >= 11 is 1.61. The molecule has 2 saturated heterocycles. The van der Waals surface area contributed by atoms with Crippen LogP contribution in [0.25, 0.3) is 0 Å². The van der Waals surface area contributed by atoms with Crippen LogP contribution in [-0.4, -0.2) is 85.2 Å². The number of nitriles is 6. The standard InChI is InChI=1S/C46H44N10O2S/c1-45(2)39(37(29-51)43(57-45)33(25-47)26-48)17-15-31(16-18-40-38(30-52)44(34(27-49)28-50)58-46(40,3)4)32-23-35(11-9-13-41-53(5)19-20-54(41)6)59-36(24-32)12-10-14-42-55(7)21-22-56(42)8/h9-18,23-24H,19-22H2,1-8H3/b11-9+,12-10+,17-15+,18-16+. The monoisotopic (exact) mass is 800 g/mol. The molecule has 13 heteroatoms. The minimum absolute atomic E-state index is 0.0697. The fourth-order valence-corrected chi connectivity index (χ4v) is 7.98. The number of likely N-dealkylation sites (N-methyl/N-ethyl adjacent to an activating group) is 4. The molecular weight excluding hydrogens is 757 g/mol. The third kappa shape index (κ3) is 9.14. The van der Waals surface area contributed by atoms with E-state index in [0.717, 1.165) is 53.2 Å². The predicted molar refractivity (Wildman–Crippen MR) is 226 cm³/mol. The molecule has 0 aromatic carbocycles. The first-order valence-electron chi connectivity index (χ1n) is 18.7. The highest BCUT2D eigenvalue weighted by atomic mass is 32.2. The summed E-state index contributed by atoms with van der Waals surface area (Å²) in [5.41, 5.74) is -0.161. The number of rotatable bonds is 8. The van der Waals surface area contributed by atoms with E-state index in [9.17, 15) is 31.6 Å². The van der Waals surface area contributed by atoms with E-state index in [1.54, 1.807) is 51.6 Å². The van der Waals surface area contributed by atoms with Crippen LogP contribution in [0.5, 0.6) is 0 Å². The first-order chi connectivity index (χ1) is 28.1. The molecule has 0 atom stereocenters. The topological polar surface area (TPSA) is 174 Å². The fraction of sp³-hybridized carbons (Fsp3) is 0.304. The van der Waals surface area contributed by atoms with Gasteiger partial charge in [-0.05, 0) is 75.3 Å². The molecule has 2 fully saturated rings. The predicted octanol–water partition coefficient (Wildman–Crippen LogP) is 7.32. The van der Waals surface area contributed by atoms with Crippen LogP contribution in [0.4, 0.5) is 0 Å². The van der Waals surface area contributed by atoms with Crippen molar-refractivity contribution in [2.24, 2.45) is 0 Å². The van der Waals surface area contributed by atoms with Gasteiger partial charge in [0.2, 0.25) is 0 Å². The molecule has 5 aliphatic rings. The van der Waals surface area contributed by atoms with Gasteiger partial charge in [-0.3, -0.25) is 0 Å². The van der Waals surface area contributed by atoms with Crippen LogP contribution in [0.1, 0.15) is 27.7 Å². The van der Waals surface area contributed by atoms with Crippen molar-refractivity contribution in [3.05, 3.63) is 150 Å². The zero-order chi connectivity index (χ0) is 43.1. The molecule has 296 valence electrons. The third-order valence-corrected chi connectivity index (χ3v) is 11.2. The van der Waals surface area contributed by atoms with Crippen molar-refractivity contribution in [3.8, 4) is 36.4 Å². The molecule has 5 heterocycles. The second-order valence-electron chi connectivity index (χ2n) is 15.1. The fourth-order valence-electron chi connectivity index (χ4n) is 7.04. The second kappa shape index (κ2) is 17.9. The molecule has 0 bridgehead atoms. The highest BCUT2D eigenvalue weighted by Gasteiger charge is 2.40. The molecule has 5 aliphatic heterocycles. The van der Waals surface area contributed by atoms with Gasteiger partial charge in [-0.2, -0.15) is 31.6 Å². The van der Waals surface area contributed by atoms with E-state index in [1.807, 2.05) is 48.6 Å². The van der Waals surface area contributed by atoms with Crippen molar-refractivity contribution >= 4 is 11.8 Å². The van der Waals surface area contributed by atoms with Crippen molar-refractivity contribution in [2.75, 3.05) is 54.4 Å². The van der Waals surface area contributed by atoms with E-state index in [0.29, 0.717) is 16.7 Å². The molecule has 0 aliphatic carbocycles. The van der Waals surface area contributed by atoms with Crippen LogP contribution < -0.4 is 0 Å². The van der Waals surface area contributed by atoms with Crippen LogP contribution in [0.15, 0.2) is 150 Å². The van der Waals surface area contributed by atoms with Gasteiger partial charge in [-0.15, -0.1) is 0 Å². The SMILES string of the molecule is CN1CCN(C)C1=C/C=C/C1=CC(=C(/C=C/C2=C(C#N)C(=C(C#N)C#N)OC2(C)C)/C=C/C2=C(C#N)C(=C(C#N)C#N)OC2(C)C)C=C(/C=C/C=C2N(C)CCN2C)S1. The molecule has 0 amide bonds. The Morgan fingerprint density at radius 2 is 0.949 bits per heavy atom. The van der Waals surface area contributed by atoms with Gasteiger partial charge in [-0.25, -0.2) is 0 Å². The quantitative estimate of drug-likeness (QED) is 0.224. The largest absolute Gasteiger partial charge is 0.480 e. The van der Waals surface area contributed by atoms with Crippen LogP contribution in [-0.2, 0) is 9.47 Å². The van der Waals surface area contributed by atoms with Gasteiger partial charge in [0.15, 0.2) is 22.7 Å². The zero-order valence-corrected chi connectivity index (χ0v) is 35.3. The van der Waals surface area contributed by atoms with Gasteiger partial charge < -0.3 is 29.1 Å². The number of thioether (sulfide) groups is 1. The molecule has 5 rings (SSSR count). The first-order valence-corrected chi connectivity index (χ1v) is 19.5. The average Bonchev–Trinajstić information content (AvgIpc) is 3.87. The van der Waals surface area contributed by atoms with E-state index < -0.39 is 11.2 Å². The molecule has 0 saturated carbocycles. The van der Waals surface area contributed by atoms with E-state index in [1.165, 1.54) is 0 Å². The molecule has 0 aromatic rings. The minimum Gasteiger partial charge on any atom is -0.480 e. The minimum atomic E-state index is -1.06. The van der Waals surface area contributed by atoms with Crippen LogP contribution >= 0.6 is 11.8 Å². The summed E-state index contributed by atoms with van der Waals surface area (Å²) in [6.07, 6.45) is 23.6. The van der Waals surface area contributed by atoms with E-state index in [-0.39, 0.29) is 33.8 Å². The molecule has 0 N–H and O–H groups in total. The number of nitrogens with zero attached hydrogens (tertiary/aromatic N) is 10. The Bertz CT molecular complexity index is 2280. The normalized spacial score (nSPS) is 19.8. The van der Waals surface area contributed by atoms with Crippen LogP contribution in [0, 0.1) is 68.0 Å². The Morgan fingerprint density at radius 3 is 1.27 bits per heavy atom. The van der Waals surface area contributed by atoms with E-state index in [4.69, 9.17) is 9.47 Å².